The zero-order valence-electron chi connectivity index (χ0n) is 17.5. The molecule has 33 heavy (non-hydrogen) atoms. The lowest BCUT2D eigenvalue weighted by atomic mass is 10.1. The van der Waals surface area contributed by atoms with Gasteiger partial charge in [0.25, 0.3) is 0 Å². The molecule has 2 N–H and O–H groups in total. The number of rotatable bonds is 6. The Morgan fingerprint density at radius 1 is 1.03 bits per heavy atom. The van der Waals surface area contributed by atoms with Crippen LogP contribution >= 0.6 is 22.7 Å². The summed E-state index contributed by atoms with van der Waals surface area (Å²) in [7, 11) is 0. The normalized spacial score (nSPS) is 14.7. The molecule has 10 heteroatoms. The number of carbonyl (C=O) groups excluding carboxylic acids is 1. The van der Waals surface area contributed by atoms with E-state index < -0.39 is 0 Å². The Hall–Kier alpha value is -3.73. The molecule has 2 aromatic carbocycles. The molecular formula is C23H18N6O2S2. The van der Waals surface area contributed by atoms with Gasteiger partial charge in [-0.15, -0.1) is 22.7 Å². The van der Waals surface area contributed by atoms with Gasteiger partial charge in [0.2, 0.25) is 10.3 Å². The summed E-state index contributed by atoms with van der Waals surface area (Å²) in [5.74, 6) is -0.383. The van der Waals surface area contributed by atoms with Crippen LogP contribution in [0.3, 0.4) is 0 Å². The van der Waals surface area contributed by atoms with Crippen LogP contribution < -0.4 is 10.4 Å². The molecule has 0 atom stereocenters. The van der Waals surface area contributed by atoms with Gasteiger partial charge in [-0.25, -0.2) is 9.97 Å². The van der Waals surface area contributed by atoms with Crippen molar-refractivity contribution >= 4 is 50.3 Å². The van der Waals surface area contributed by atoms with Crippen molar-refractivity contribution in [3.05, 3.63) is 82.2 Å². The van der Waals surface area contributed by atoms with Gasteiger partial charge in [0.1, 0.15) is 5.71 Å². The fourth-order valence-corrected chi connectivity index (χ4v) is 4.79. The second-order valence-electron chi connectivity index (χ2n) is 7.07. The first kappa shape index (κ1) is 21.1. The predicted octanol–water partition coefficient (Wildman–Crippen LogP) is 4.29. The summed E-state index contributed by atoms with van der Waals surface area (Å²) >= 11 is 2.70. The van der Waals surface area contributed by atoms with Gasteiger partial charge in [-0.3, -0.25) is 10.2 Å². The van der Waals surface area contributed by atoms with Gasteiger partial charge in [0.05, 0.1) is 18.0 Å². The maximum Gasteiger partial charge on any atom is 0.303 e. The molecule has 1 amide bonds. The lowest BCUT2D eigenvalue weighted by molar-refractivity contribution is -0.112. The number of nitrogens with zero attached hydrogens (tertiary/aromatic N) is 5. The van der Waals surface area contributed by atoms with Crippen molar-refractivity contribution in [2.24, 2.45) is 10.2 Å². The lowest BCUT2D eigenvalue weighted by Gasteiger charge is -2.06. The second kappa shape index (κ2) is 9.02. The number of hydrogen-bond donors (Lipinski definition) is 2. The highest BCUT2D eigenvalue weighted by Gasteiger charge is 2.35. The number of aryl methyl sites for hydroxylation is 1. The third-order valence-electron chi connectivity index (χ3n) is 4.92. The quantitative estimate of drug-likeness (QED) is 0.406. The van der Waals surface area contributed by atoms with E-state index in [0.29, 0.717) is 21.7 Å². The number of thiazole rings is 2. The van der Waals surface area contributed by atoms with Crippen LogP contribution in [0.25, 0.3) is 11.3 Å². The van der Waals surface area contributed by atoms with E-state index in [2.05, 4.69) is 25.6 Å². The SMILES string of the molecule is Cc1sc(N/N=C2\C(=O)N(c3nc(-c4ccccc4)cs3)N=C2c2ccccc2)nc1CO. The van der Waals surface area contributed by atoms with Crippen LogP contribution in [0.15, 0.2) is 76.2 Å². The molecule has 3 heterocycles. The number of aliphatic hydroxyl groups is 1. The largest absolute Gasteiger partial charge is 0.390 e. The molecule has 0 radical (unpaired) electrons. The lowest BCUT2D eigenvalue weighted by Crippen LogP contribution is -2.28. The summed E-state index contributed by atoms with van der Waals surface area (Å²) in [6.45, 7) is 1.71. The zero-order chi connectivity index (χ0) is 22.8. The Bertz CT molecular complexity index is 1360. The van der Waals surface area contributed by atoms with Gasteiger partial charge in [0, 0.05) is 21.4 Å². The van der Waals surface area contributed by atoms with Crippen molar-refractivity contribution in [3.8, 4) is 11.3 Å². The molecule has 2 aromatic heterocycles. The van der Waals surface area contributed by atoms with Gasteiger partial charge in [-0.05, 0) is 6.92 Å². The average Bonchev–Trinajstić information content (AvgIpc) is 3.56. The highest BCUT2D eigenvalue weighted by Crippen LogP contribution is 2.30. The topological polar surface area (TPSA) is 103 Å². The van der Waals surface area contributed by atoms with Crippen molar-refractivity contribution in [1.82, 2.24) is 9.97 Å². The molecule has 5 rings (SSSR count). The van der Waals surface area contributed by atoms with Gasteiger partial charge in [0.15, 0.2) is 5.71 Å². The minimum atomic E-state index is -0.383. The molecule has 8 nitrogen and oxygen atoms in total. The van der Waals surface area contributed by atoms with Crippen molar-refractivity contribution in [2.45, 2.75) is 13.5 Å². The number of anilines is 2. The summed E-state index contributed by atoms with van der Waals surface area (Å²) in [5, 5.41) is 22.4. The summed E-state index contributed by atoms with van der Waals surface area (Å²) in [4.78, 5) is 23.1. The van der Waals surface area contributed by atoms with E-state index in [0.717, 1.165) is 21.7 Å². The van der Waals surface area contributed by atoms with Gasteiger partial charge in [-0.2, -0.15) is 15.2 Å². The first-order valence-corrected chi connectivity index (χ1v) is 11.7. The molecule has 164 valence electrons. The Kier molecular flexibility index (Phi) is 5.78. The molecule has 0 fully saturated rings. The number of amides is 1. The number of hydrazone groups is 2. The molecule has 4 aromatic rings. The van der Waals surface area contributed by atoms with E-state index in [4.69, 9.17) is 0 Å². The smallest absolute Gasteiger partial charge is 0.303 e. The van der Waals surface area contributed by atoms with Gasteiger partial charge >= 0.3 is 5.91 Å². The van der Waals surface area contributed by atoms with Crippen molar-refractivity contribution in [1.29, 1.82) is 0 Å². The first-order valence-electron chi connectivity index (χ1n) is 10.0. The fourth-order valence-electron chi connectivity index (χ4n) is 3.24. The van der Waals surface area contributed by atoms with Crippen molar-refractivity contribution in [3.63, 3.8) is 0 Å². The van der Waals surface area contributed by atoms with Gasteiger partial charge in [-0.1, -0.05) is 60.7 Å². The number of aromatic nitrogens is 2. The Balaban J connectivity index is 1.49. The molecular weight excluding hydrogens is 456 g/mol. The van der Waals surface area contributed by atoms with E-state index >= 15 is 0 Å². The fraction of sp³-hybridized carbons (Fsp3) is 0.0870. The van der Waals surface area contributed by atoms with Crippen LogP contribution in [0.5, 0.6) is 0 Å². The number of aliphatic hydroxyl groups excluding tert-OH is 1. The van der Waals surface area contributed by atoms with E-state index in [1.165, 1.54) is 27.7 Å². The van der Waals surface area contributed by atoms with Crippen LogP contribution in [0.4, 0.5) is 10.3 Å². The van der Waals surface area contributed by atoms with Crippen molar-refractivity contribution in [2.75, 3.05) is 10.4 Å². The maximum atomic E-state index is 13.3. The Morgan fingerprint density at radius 3 is 2.39 bits per heavy atom. The van der Waals surface area contributed by atoms with E-state index in [9.17, 15) is 9.90 Å². The summed E-state index contributed by atoms with van der Waals surface area (Å²) < 4.78 is 0. The number of nitrogens with one attached hydrogen (secondary N) is 1. The molecule has 0 bridgehead atoms. The van der Waals surface area contributed by atoms with Crippen LogP contribution in [-0.4, -0.2) is 32.4 Å². The summed E-state index contributed by atoms with van der Waals surface area (Å²) in [6, 6.07) is 19.2. The molecule has 1 aliphatic rings. The van der Waals surface area contributed by atoms with E-state index in [1.807, 2.05) is 73.0 Å². The minimum Gasteiger partial charge on any atom is -0.390 e. The summed E-state index contributed by atoms with van der Waals surface area (Å²) in [5.41, 5.74) is 6.55. The molecule has 1 aliphatic heterocycles. The van der Waals surface area contributed by atoms with Crippen LogP contribution in [0, 0.1) is 6.92 Å². The first-order chi connectivity index (χ1) is 16.1. The Labute approximate surface area is 197 Å². The Morgan fingerprint density at radius 2 is 1.73 bits per heavy atom. The van der Waals surface area contributed by atoms with Crippen LogP contribution in [0.1, 0.15) is 16.1 Å². The highest BCUT2D eigenvalue weighted by atomic mass is 32.1. The predicted molar refractivity (Wildman–Crippen MR) is 132 cm³/mol. The minimum absolute atomic E-state index is 0.155. The molecule has 0 saturated heterocycles. The third-order valence-corrected chi connectivity index (χ3v) is 6.65. The van der Waals surface area contributed by atoms with Crippen LogP contribution in [0.2, 0.25) is 0 Å². The third kappa shape index (κ3) is 4.19. The number of hydrogen-bond acceptors (Lipinski definition) is 9. The average molecular weight is 475 g/mol. The van der Waals surface area contributed by atoms with E-state index in [-0.39, 0.29) is 18.2 Å². The molecule has 0 unspecified atom stereocenters. The van der Waals surface area contributed by atoms with E-state index in [1.54, 1.807) is 0 Å². The zero-order valence-corrected chi connectivity index (χ0v) is 19.1. The maximum absolute atomic E-state index is 13.3. The number of carbonyl (C=O) groups is 1. The molecule has 0 spiro atoms. The molecule has 0 saturated carbocycles. The highest BCUT2D eigenvalue weighted by molar-refractivity contribution is 7.15. The van der Waals surface area contributed by atoms with Crippen LogP contribution in [-0.2, 0) is 11.4 Å². The molecule has 0 aliphatic carbocycles. The summed E-state index contributed by atoms with van der Waals surface area (Å²) in [6.07, 6.45) is 0. The monoisotopic (exact) mass is 474 g/mol. The second-order valence-corrected chi connectivity index (χ2v) is 9.10. The van der Waals surface area contributed by atoms with Crippen molar-refractivity contribution < 1.29 is 9.90 Å². The number of benzene rings is 2. The standard InChI is InChI=1S/C23H18N6O2S2/c1-14-17(12-30)24-22(33-14)27-26-20-19(16-10-6-3-7-11-16)28-29(21(20)31)23-25-18(13-32-23)15-8-4-2-5-9-15/h2-11,13,30H,12H2,1H3,(H,24,27)/b26-20-. The van der Waals surface area contributed by atoms with Gasteiger partial charge < -0.3 is 5.11 Å².